The van der Waals surface area contributed by atoms with Crippen molar-refractivity contribution in [1.82, 2.24) is 5.32 Å². The lowest BCUT2D eigenvalue weighted by Crippen LogP contribution is -2.34. The molecule has 0 radical (unpaired) electrons. The number of rotatable bonds is 6. The Balaban J connectivity index is 2.76. The predicted molar refractivity (Wildman–Crippen MR) is 74.9 cm³/mol. The summed E-state index contributed by atoms with van der Waals surface area (Å²) in [6, 6.07) is 3.30. The summed E-state index contributed by atoms with van der Waals surface area (Å²) in [4.78, 5) is 22.6. The SMILES string of the molecule is COc1ccc(C(=O)O)c(NC(=O)NCCS(N)(=O)=O)c1. The van der Waals surface area contributed by atoms with Crippen LogP contribution in [0.5, 0.6) is 5.75 Å². The van der Waals surface area contributed by atoms with Gasteiger partial charge in [-0.1, -0.05) is 0 Å². The van der Waals surface area contributed by atoms with Gasteiger partial charge in [-0.25, -0.2) is 23.1 Å². The average molecular weight is 317 g/mol. The number of carbonyl (C=O) groups is 2. The largest absolute Gasteiger partial charge is 0.497 e. The average Bonchev–Trinajstić information content (AvgIpc) is 2.36. The highest BCUT2D eigenvalue weighted by Gasteiger charge is 2.14. The first-order valence-corrected chi connectivity index (χ1v) is 7.41. The van der Waals surface area contributed by atoms with Crippen molar-refractivity contribution in [2.24, 2.45) is 5.14 Å². The molecule has 10 heteroatoms. The van der Waals surface area contributed by atoms with Gasteiger partial charge in [0.1, 0.15) is 5.75 Å². The summed E-state index contributed by atoms with van der Waals surface area (Å²) < 4.78 is 26.4. The van der Waals surface area contributed by atoms with Gasteiger partial charge in [0.15, 0.2) is 0 Å². The number of methoxy groups -OCH3 is 1. The van der Waals surface area contributed by atoms with Crippen molar-refractivity contribution in [3.8, 4) is 5.75 Å². The summed E-state index contributed by atoms with van der Waals surface area (Å²) in [6.45, 7) is -0.197. The topological polar surface area (TPSA) is 148 Å². The number of amides is 2. The Morgan fingerprint density at radius 3 is 2.57 bits per heavy atom. The zero-order chi connectivity index (χ0) is 16.0. The maximum absolute atomic E-state index is 11.6. The Kier molecular flexibility index (Phi) is 5.50. The highest BCUT2D eigenvalue weighted by molar-refractivity contribution is 7.89. The monoisotopic (exact) mass is 317 g/mol. The number of hydrogen-bond donors (Lipinski definition) is 4. The zero-order valence-corrected chi connectivity index (χ0v) is 11.9. The highest BCUT2D eigenvalue weighted by atomic mass is 32.2. The Morgan fingerprint density at radius 1 is 1.38 bits per heavy atom. The number of urea groups is 1. The third kappa shape index (κ3) is 5.67. The van der Waals surface area contributed by atoms with E-state index in [4.69, 9.17) is 15.0 Å². The molecule has 21 heavy (non-hydrogen) atoms. The third-order valence-electron chi connectivity index (χ3n) is 2.38. The van der Waals surface area contributed by atoms with Gasteiger partial charge in [0, 0.05) is 12.6 Å². The molecule has 1 rings (SSSR count). The second kappa shape index (κ2) is 6.90. The highest BCUT2D eigenvalue weighted by Crippen LogP contribution is 2.22. The molecule has 116 valence electrons. The van der Waals surface area contributed by atoms with Gasteiger partial charge in [0.2, 0.25) is 10.0 Å². The molecule has 0 spiro atoms. The summed E-state index contributed by atoms with van der Waals surface area (Å²) in [5, 5.41) is 18.4. The Labute approximate surface area is 121 Å². The van der Waals surface area contributed by atoms with Crippen molar-refractivity contribution in [2.75, 3.05) is 24.7 Å². The van der Waals surface area contributed by atoms with Gasteiger partial charge >= 0.3 is 12.0 Å². The molecule has 0 fully saturated rings. The first-order chi connectivity index (χ1) is 9.73. The van der Waals surface area contributed by atoms with Crippen LogP contribution in [0.25, 0.3) is 0 Å². The Bertz CT molecular complexity index is 643. The van der Waals surface area contributed by atoms with E-state index in [2.05, 4.69) is 10.6 Å². The van der Waals surface area contributed by atoms with Crippen LogP contribution in [0.2, 0.25) is 0 Å². The molecule has 2 amide bonds. The number of carbonyl (C=O) groups excluding carboxylic acids is 1. The fraction of sp³-hybridized carbons (Fsp3) is 0.273. The second-order valence-electron chi connectivity index (χ2n) is 3.96. The molecule has 1 aromatic rings. The van der Waals surface area contributed by atoms with E-state index in [1.54, 1.807) is 0 Å². The number of carboxylic acid groups (broad SMARTS) is 1. The van der Waals surface area contributed by atoms with Crippen molar-refractivity contribution in [3.63, 3.8) is 0 Å². The standard InChI is InChI=1S/C11H15N3O6S/c1-20-7-2-3-8(10(15)16)9(6-7)14-11(17)13-4-5-21(12,18)19/h2-3,6H,4-5H2,1H3,(H,15,16)(H2,12,18,19)(H2,13,14,17). The number of nitrogens with two attached hydrogens (primary N) is 1. The number of anilines is 1. The molecule has 0 bridgehead atoms. The maximum atomic E-state index is 11.6. The summed E-state index contributed by atoms with van der Waals surface area (Å²) in [7, 11) is -2.29. The van der Waals surface area contributed by atoms with Crippen LogP contribution in [-0.4, -0.2) is 44.9 Å². The van der Waals surface area contributed by atoms with Gasteiger partial charge in [0.05, 0.1) is 24.1 Å². The van der Waals surface area contributed by atoms with E-state index < -0.39 is 27.8 Å². The molecule has 5 N–H and O–H groups in total. The Morgan fingerprint density at radius 2 is 2.05 bits per heavy atom. The van der Waals surface area contributed by atoms with Gasteiger partial charge in [-0.2, -0.15) is 0 Å². The molecular formula is C11H15N3O6S. The number of primary sulfonamides is 1. The van der Waals surface area contributed by atoms with Gasteiger partial charge < -0.3 is 20.5 Å². The molecule has 0 heterocycles. The minimum absolute atomic E-state index is 0.0231. The molecule has 0 aromatic heterocycles. The van der Waals surface area contributed by atoms with Crippen molar-refractivity contribution < 1.29 is 27.9 Å². The Hall–Kier alpha value is -2.33. The summed E-state index contributed by atoms with van der Waals surface area (Å²) >= 11 is 0. The van der Waals surface area contributed by atoms with E-state index in [-0.39, 0.29) is 17.8 Å². The molecule has 0 atom stereocenters. The fourth-order valence-electron chi connectivity index (χ4n) is 1.41. The van der Waals surface area contributed by atoms with E-state index in [1.807, 2.05) is 0 Å². The lowest BCUT2D eigenvalue weighted by atomic mass is 10.1. The lowest BCUT2D eigenvalue weighted by molar-refractivity contribution is 0.0698. The van der Waals surface area contributed by atoms with E-state index in [9.17, 15) is 18.0 Å². The molecule has 0 aliphatic rings. The molecule has 0 aliphatic heterocycles. The third-order valence-corrected chi connectivity index (χ3v) is 3.15. The van der Waals surface area contributed by atoms with Crippen molar-refractivity contribution in [1.29, 1.82) is 0 Å². The van der Waals surface area contributed by atoms with Gasteiger partial charge in [-0.3, -0.25) is 0 Å². The predicted octanol–water partition coefficient (Wildman–Crippen LogP) is -0.197. The van der Waals surface area contributed by atoms with Gasteiger partial charge in [0.25, 0.3) is 0 Å². The quantitative estimate of drug-likeness (QED) is 0.571. The molecule has 1 aromatic carbocycles. The fourth-order valence-corrected chi connectivity index (χ4v) is 1.80. The van der Waals surface area contributed by atoms with Crippen molar-refractivity contribution >= 4 is 27.7 Å². The lowest BCUT2D eigenvalue weighted by Gasteiger charge is -2.11. The van der Waals surface area contributed by atoms with Crippen LogP contribution in [0, 0.1) is 0 Å². The van der Waals surface area contributed by atoms with E-state index in [0.717, 1.165) is 0 Å². The minimum Gasteiger partial charge on any atom is -0.497 e. The normalized spacial score (nSPS) is 10.8. The van der Waals surface area contributed by atoms with Crippen LogP contribution in [0.1, 0.15) is 10.4 Å². The number of sulfonamides is 1. The number of hydrogen-bond acceptors (Lipinski definition) is 5. The minimum atomic E-state index is -3.68. The smallest absolute Gasteiger partial charge is 0.337 e. The van der Waals surface area contributed by atoms with E-state index >= 15 is 0 Å². The van der Waals surface area contributed by atoms with E-state index in [0.29, 0.717) is 5.75 Å². The molecular weight excluding hydrogens is 302 g/mol. The first kappa shape index (κ1) is 16.7. The number of ether oxygens (including phenoxy) is 1. The molecule has 9 nitrogen and oxygen atoms in total. The first-order valence-electron chi connectivity index (χ1n) is 5.69. The van der Waals surface area contributed by atoms with Crippen molar-refractivity contribution in [3.05, 3.63) is 23.8 Å². The van der Waals surface area contributed by atoms with Crippen LogP contribution in [-0.2, 0) is 10.0 Å². The van der Waals surface area contributed by atoms with Gasteiger partial charge in [-0.15, -0.1) is 0 Å². The number of aromatic carboxylic acids is 1. The van der Waals surface area contributed by atoms with Crippen LogP contribution < -0.4 is 20.5 Å². The van der Waals surface area contributed by atoms with Crippen molar-refractivity contribution in [2.45, 2.75) is 0 Å². The molecule has 0 saturated heterocycles. The number of nitrogens with one attached hydrogen (secondary N) is 2. The van der Waals surface area contributed by atoms with Crippen LogP contribution in [0.4, 0.5) is 10.5 Å². The summed E-state index contributed by atoms with van der Waals surface area (Å²) in [6.07, 6.45) is 0. The zero-order valence-electron chi connectivity index (χ0n) is 11.1. The number of benzene rings is 1. The maximum Gasteiger partial charge on any atom is 0.337 e. The second-order valence-corrected chi connectivity index (χ2v) is 5.70. The van der Waals surface area contributed by atoms with Crippen LogP contribution >= 0.6 is 0 Å². The molecule has 0 saturated carbocycles. The molecule has 0 unspecified atom stereocenters. The van der Waals surface area contributed by atoms with Gasteiger partial charge in [-0.05, 0) is 12.1 Å². The summed E-state index contributed by atoms with van der Waals surface area (Å²) in [5.74, 6) is -1.29. The molecule has 0 aliphatic carbocycles. The van der Waals surface area contributed by atoms with E-state index in [1.165, 1.54) is 25.3 Å². The van der Waals surface area contributed by atoms with Crippen LogP contribution in [0.15, 0.2) is 18.2 Å². The van der Waals surface area contributed by atoms with Crippen LogP contribution in [0.3, 0.4) is 0 Å². The summed E-state index contributed by atoms with van der Waals surface area (Å²) in [5.41, 5.74) is -0.104. The number of carboxylic acids is 1.